The van der Waals surface area contributed by atoms with Gasteiger partial charge in [0.25, 0.3) is 5.91 Å². The SMILES string of the molecule is Cc1noc(C)c1-c1cc(C(=O)N(C)C2CCOCC2)nc(-c2cccc(OCC([CH]C(C)(C)C)O[Si](C)(C)C(C)(C)C)c2)n1. The Hall–Kier alpha value is -3.08. The molecule has 1 saturated heterocycles. The third-order valence-corrected chi connectivity index (χ3v) is 13.2. The number of benzene rings is 1. The predicted octanol–water partition coefficient (Wildman–Crippen LogP) is 7.69. The van der Waals surface area contributed by atoms with Gasteiger partial charge in [0.2, 0.25) is 0 Å². The lowest BCUT2D eigenvalue weighted by atomic mass is 9.89. The molecule has 1 atom stereocenters. The summed E-state index contributed by atoms with van der Waals surface area (Å²) in [5.74, 6) is 1.58. The van der Waals surface area contributed by atoms with Crippen molar-refractivity contribution in [3.05, 3.63) is 53.9 Å². The summed E-state index contributed by atoms with van der Waals surface area (Å²) in [5, 5.41) is 4.20. The summed E-state index contributed by atoms with van der Waals surface area (Å²) < 4.78 is 24.1. The van der Waals surface area contributed by atoms with Crippen molar-refractivity contribution < 1.29 is 23.2 Å². The summed E-state index contributed by atoms with van der Waals surface area (Å²) in [6, 6.07) is 9.52. The zero-order valence-corrected chi connectivity index (χ0v) is 30.0. The molecule has 9 nitrogen and oxygen atoms in total. The highest BCUT2D eigenvalue weighted by molar-refractivity contribution is 6.74. The second-order valence-corrected chi connectivity index (χ2v) is 19.5. The Kier molecular flexibility index (Phi) is 10.6. The quantitative estimate of drug-likeness (QED) is 0.209. The van der Waals surface area contributed by atoms with E-state index in [1.807, 2.05) is 45.2 Å². The minimum absolute atomic E-state index is 0.0362. The molecule has 45 heavy (non-hydrogen) atoms. The summed E-state index contributed by atoms with van der Waals surface area (Å²) in [4.78, 5) is 25.2. The molecule has 1 aromatic carbocycles. The maximum Gasteiger partial charge on any atom is 0.272 e. The second-order valence-electron chi connectivity index (χ2n) is 14.7. The molecule has 0 spiro atoms. The van der Waals surface area contributed by atoms with E-state index in [4.69, 9.17) is 28.4 Å². The van der Waals surface area contributed by atoms with Crippen molar-refractivity contribution in [2.24, 2.45) is 5.41 Å². The van der Waals surface area contributed by atoms with Gasteiger partial charge in [0.05, 0.1) is 23.1 Å². The molecular formula is C35H51N4O5Si. The zero-order chi connectivity index (χ0) is 33.2. The Bertz CT molecular complexity index is 1450. The Morgan fingerprint density at radius 3 is 2.38 bits per heavy atom. The van der Waals surface area contributed by atoms with Crippen LogP contribution in [0.1, 0.15) is 76.3 Å². The van der Waals surface area contributed by atoms with Crippen molar-refractivity contribution in [1.82, 2.24) is 20.0 Å². The van der Waals surface area contributed by atoms with Crippen LogP contribution in [-0.2, 0) is 9.16 Å². The molecule has 0 aliphatic carbocycles. The molecule has 2 aromatic heterocycles. The van der Waals surface area contributed by atoms with Gasteiger partial charge in [-0.25, -0.2) is 9.97 Å². The third-order valence-electron chi connectivity index (χ3n) is 8.74. The fourth-order valence-corrected chi connectivity index (χ4v) is 6.46. The molecule has 3 heterocycles. The van der Waals surface area contributed by atoms with E-state index in [1.54, 1.807) is 11.0 Å². The normalized spacial score (nSPS) is 15.6. The molecule has 1 radical (unpaired) electrons. The Morgan fingerprint density at radius 2 is 1.78 bits per heavy atom. The average molecular weight is 636 g/mol. The summed E-state index contributed by atoms with van der Waals surface area (Å²) in [7, 11) is -0.203. The van der Waals surface area contributed by atoms with Gasteiger partial charge in [-0.15, -0.1) is 0 Å². The van der Waals surface area contributed by atoms with Crippen molar-refractivity contribution in [3.63, 3.8) is 0 Å². The van der Waals surface area contributed by atoms with E-state index in [1.165, 1.54) is 0 Å². The Labute approximate surface area is 270 Å². The third kappa shape index (κ3) is 8.80. The summed E-state index contributed by atoms with van der Waals surface area (Å²) in [5.41, 5.74) is 3.08. The van der Waals surface area contributed by atoms with Crippen molar-refractivity contribution in [2.75, 3.05) is 26.9 Å². The number of hydrogen-bond donors (Lipinski definition) is 0. The van der Waals surface area contributed by atoms with Crippen LogP contribution in [0.25, 0.3) is 22.6 Å². The average Bonchev–Trinajstić information content (AvgIpc) is 3.31. The number of aromatic nitrogens is 3. The molecule has 0 saturated carbocycles. The van der Waals surface area contributed by atoms with E-state index in [9.17, 15) is 4.79 Å². The lowest BCUT2D eigenvalue weighted by molar-refractivity contribution is 0.0359. The van der Waals surface area contributed by atoms with Crippen LogP contribution in [0.4, 0.5) is 0 Å². The molecular weight excluding hydrogens is 584 g/mol. The molecule has 1 aliphatic heterocycles. The minimum atomic E-state index is -2.04. The highest BCUT2D eigenvalue weighted by Crippen LogP contribution is 2.39. The van der Waals surface area contributed by atoms with Crippen LogP contribution >= 0.6 is 0 Å². The number of carbonyl (C=O) groups is 1. The molecule has 10 heteroatoms. The smallest absolute Gasteiger partial charge is 0.272 e. The van der Waals surface area contributed by atoms with Crippen molar-refractivity contribution in [1.29, 1.82) is 0 Å². The highest BCUT2D eigenvalue weighted by Gasteiger charge is 2.40. The van der Waals surface area contributed by atoms with E-state index in [-0.39, 0.29) is 28.5 Å². The number of carbonyl (C=O) groups excluding carboxylic acids is 1. The number of aryl methyl sites for hydroxylation is 2. The molecule has 1 amide bonds. The van der Waals surface area contributed by atoms with Crippen LogP contribution in [0, 0.1) is 25.7 Å². The van der Waals surface area contributed by atoms with E-state index >= 15 is 0 Å². The molecule has 1 fully saturated rings. The minimum Gasteiger partial charge on any atom is -0.491 e. The monoisotopic (exact) mass is 635 g/mol. The first-order chi connectivity index (χ1) is 20.9. The standard InChI is InChI=1S/C35H51N4O5Si/c1-23-31(24(2)43-38-23)29-20-30(33(40)39(9)26-15-17-41-18-16-26)37-32(36-29)25-13-12-14-27(19-25)42-22-28(21-34(3,4)5)44-45(10,11)35(6,7)8/h12-14,19-21,26,28H,15-18,22H2,1-11H3. The van der Waals surface area contributed by atoms with Gasteiger partial charge in [-0.1, -0.05) is 58.8 Å². The van der Waals surface area contributed by atoms with Crippen LogP contribution in [0.3, 0.4) is 0 Å². The highest BCUT2D eigenvalue weighted by atomic mass is 28.4. The molecule has 3 aromatic rings. The van der Waals surface area contributed by atoms with Gasteiger partial charge in [0.15, 0.2) is 14.1 Å². The van der Waals surface area contributed by atoms with Crippen LogP contribution < -0.4 is 4.74 Å². The zero-order valence-electron chi connectivity index (χ0n) is 29.0. The molecule has 245 valence electrons. The number of hydrogen-bond acceptors (Lipinski definition) is 8. The molecule has 4 rings (SSSR count). The van der Waals surface area contributed by atoms with Gasteiger partial charge in [-0.2, -0.15) is 0 Å². The number of rotatable bonds is 10. The topological polar surface area (TPSA) is 99.8 Å². The van der Waals surface area contributed by atoms with Gasteiger partial charge in [-0.05, 0) is 74.9 Å². The summed E-state index contributed by atoms with van der Waals surface area (Å²) in [6.07, 6.45) is 3.66. The summed E-state index contributed by atoms with van der Waals surface area (Å²) in [6.45, 7) is 23.2. The molecule has 1 aliphatic rings. The van der Waals surface area contributed by atoms with E-state index in [2.05, 4.69) is 66.2 Å². The van der Waals surface area contributed by atoms with Crippen LogP contribution in [0.2, 0.25) is 18.1 Å². The Morgan fingerprint density at radius 1 is 1.09 bits per heavy atom. The molecule has 0 N–H and O–H groups in total. The van der Waals surface area contributed by atoms with Crippen molar-refractivity contribution in [2.45, 2.75) is 98.5 Å². The van der Waals surface area contributed by atoms with Crippen molar-refractivity contribution >= 4 is 14.2 Å². The van der Waals surface area contributed by atoms with Gasteiger partial charge in [0, 0.05) is 31.9 Å². The van der Waals surface area contributed by atoms with Gasteiger partial charge in [0.1, 0.15) is 23.8 Å². The summed E-state index contributed by atoms with van der Waals surface area (Å²) >= 11 is 0. The largest absolute Gasteiger partial charge is 0.491 e. The number of nitrogens with zero attached hydrogens (tertiary/aromatic N) is 4. The van der Waals surface area contributed by atoms with E-state index < -0.39 is 8.32 Å². The fourth-order valence-electron chi connectivity index (χ4n) is 5.21. The van der Waals surface area contributed by atoms with Gasteiger partial charge < -0.3 is 23.3 Å². The lowest BCUT2D eigenvalue weighted by Crippen LogP contribution is -2.46. The predicted molar refractivity (Wildman–Crippen MR) is 180 cm³/mol. The van der Waals surface area contributed by atoms with Gasteiger partial charge in [-0.3, -0.25) is 4.79 Å². The molecule has 0 bridgehead atoms. The van der Waals surface area contributed by atoms with Crippen LogP contribution in [0.5, 0.6) is 5.75 Å². The number of amides is 1. The van der Waals surface area contributed by atoms with E-state index in [0.29, 0.717) is 54.2 Å². The van der Waals surface area contributed by atoms with Gasteiger partial charge >= 0.3 is 0 Å². The maximum atomic E-state index is 13.8. The van der Waals surface area contributed by atoms with E-state index in [0.717, 1.165) is 24.0 Å². The Balaban J connectivity index is 1.66. The second kappa shape index (κ2) is 13.7. The number of ether oxygens (including phenoxy) is 2. The fraction of sp³-hybridized carbons (Fsp3) is 0.571. The first-order valence-corrected chi connectivity index (χ1v) is 18.8. The van der Waals surface area contributed by atoms with Crippen LogP contribution in [-0.4, -0.2) is 73.3 Å². The first-order valence-electron chi connectivity index (χ1n) is 15.9. The lowest BCUT2D eigenvalue weighted by Gasteiger charge is -2.40. The van der Waals surface area contributed by atoms with Crippen LogP contribution in [0.15, 0.2) is 34.9 Å². The molecule has 1 unspecified atom stereocenters. The first kappa shape index (κ1) is 34.8. The van der Waals surface area contributed by atoms with Crippen molar-refractivity contribution in [3.8, 4) is 28.4 Å². The maximum absolute atomic E-state index is 13.8.